The van der Waals surface area contributed by atoms with Gasteiger partial charge in [-0.3, -0.25) is 0 Å². The molecule has 1 heterocycles. The van der Waals surface area contributed by atoms with Crippen molar-refractivity contribution in [3.63, 3.8) is 0 Å². The third kappa shape index (κ3) is 7.56. The SMILES string of the molecule is CCCCCCCCCC1N(CC)C=CN1CCCCCC. The van der Waals surface area contributed by atoms with E-state index < -0.39 is 0 Å². The summed E-state index contributed by atoms with van der Waals surface area (Å²) in [7, 11) is 0. The van der Waals surface area contributed by atoms with Crippen LogP contribution in [0.3, 0.4) is 0 Å². The van der Waals surface area contributed by atoms with Crippen molar-refractivity contribution in [3.05, 3.63) is 12.4 Å². The van der Waals surface area contributed by atoms with E-state index in [0.717, 1.165) is 6.54 Å². The highest BCUT2D eigenvalue weighted by atomic mass is 15.4. The average molecular weight is 309 g/mol. The van der Waals surface area contributed by atoms with Gasteiger partial charge >= 0.3 is 0 Å². The molecule has 130 valence electrons. The minimum absolute atomic E-state index is 0.641. The van der Waals surface area contributed by atoms with Crippen LogP contribution in [0.1, 0.15) is 97.8 Å². The van der Waals surface area contributed by atoms with Crippen LogP contribution >= 0.6 is 0 Å². The number of nitrogens with zero attached hydrogens (tertiary/aromatic N) is 2. The molecule has 1 aliphatic rings. The van der Waals surface area contributed by atoms with Gasteiger partial charge in [0.15, 0.2) is 0 Å². The van der Waals surface area contributed by atoms with Crippen molar-refractivity contribution in [3.8, 4) is 0 Å². The second kappa shape index (κ2) is 12.8. The quantitative estimate of drug-likeness (QED) is 0.355. The van der Waals surface area contributed by atoms with E-state index in [9.17, 15) is 0 Å². The van der Waals surface area contributed by atoms with Crippen molar-refractivity contribution in [2.75, 3.05) is 13.1 Å². The molecule has 22 heavy (non-hydrogen) atoms. The molecule has 0 aromatic heterocycles. The second-order valence-electron chi connectivity index (χ2n) is 6.82. The first-order valence-corrected chi connectivity index (χ1v) is 10.0. The summed E-state index contributed by atoms with van der Waals surface area (Å²) in [5.41, 5.74) is 0. The molecule has 0 N–H and O–H groups in total. The summed E-state index contributed by atoms with van der Waals surface area (Å²) in [5, 5.41) is 0. The first-order valence-electron chi connectivity index (χ1n) is 10.0. The summed E-state index contributed by atoms with van der Waals surface area (Å²) in [6.45, 7) is 9.25. The van der Waals surface area contributed by atoms with Crippen molar-refractivity contribution in [2.45, 2.75) is 104 Å². The Morgan fingerprint density at radius 3 is 1.82 bits per heavy atom. The molecule has 0 saturated heterocycles. The van der Waals surface area contributed by atoms with Gasteiger partial charge in [0, 0.05) is 25.5 Å². The van der Waals surface area contributed by atoms with Gasteiger partial charge in [-0.05, 0) is 26.2 Å². The molecule has 2 nitrogen and oxygen atoms in total. The summed E-state index contributed by atoms with van der Waals surface area (Å²) < 4.78 is 0. The Bertz CT molecular complexity index is 275. The van der Waals surface area contributed by atoms with Crippen molar-refractivity contribution < 1.29 is 0 Å². The molecule has 0 fully saturated rings. The van der Waals surface area contributed by atoms with Crippen molar-refractivity contribution >= 4 is 0 Å². The van der Waals surface area contributed by atoms with Crippen LogP contribution in [0.25, 0.3) is 0 Å². The maximum Gasteiger partial charge on any atom is 0.101 e. The van der Waals surface area contributed by atoms with Crippen LogP contribution < -0.4 is 0 Å². The standard InChI is InChI=1S/C20H40N2/c1-4-7-9-11-12-13-14-16-20-21(6-3)18-19-22(20)17-15-10-8-5-2/h18-20H,4-17H2,1-3H3. The highest BCUT2D eigenvalue weighted by Crippen LogP contribution is 2.22. The number of rotatable bonds is 14. The van der Waals surface area contributed by atoms with Crippen molar-refractivity contribution in [2.24, 2.45) is 0 Å². The highest BCUT2D eigenvalue weighted by molar-refractivity contribution is 4.96. The maximum atomic E-state index is 2.59. The molecule has 1 aliphatic heterocycles. The number of hydrogen-bond donors (Lipinski definition) is 0. The topological polar surface area (TPSA) is 6.48 Å². The Labute approximate surface area is 139 Å². The van der Waals surface area contributed by atoms with Crippen LogP contribution in [0.4, 0.5) is 0 Å². The van der Waals surface area contributed by atoms with Gasteiger partial charge in [-0.25, -0.2) is 0 Å². The third-order valence-electron chi connectivity index (χ3n) is 4.92. The Morgan fingerprint density at radius 1 is 0.636 bits per heavy atom. The van der Waals surface area contributed by atoms with E-state index in [1.165, 1.54) is 83.6 Å². The highest BCUT2D eigenvalue weighted by Gasteiger charge is 2.23. The van der Waals surface area contributed by atoms with Gasteiger partial charge in [0.25, 0.3) is 0 Å². The Hall–Kier alpha value is -0.660. The smallest absolute Gasteiger partial charge is 0.101 e. The third-order valence-corrected chi connectivity index (χ3v) is 4.92. The van der Waals surface area contributed by atoms with E-state index in [2.05, 4.69) is 43.0 Å². The fourth-order valence-corrected chi connectivity index (χ4v) is 3.44. The molecular weight excluding hydrogens is 268 g/mol. The lowest BCUT2D eigenvalue weighted by molar-refractivity contribution is 0.142. The molecular formula is C20H40N2. The van der Waals surface area contributed by atoms with E-state index in [0.29, 0.717) is 6.17 Å². The van der Waals surface area contributed by atoms with Gasteiger partial charge in [0.05, 0.1) is 0 Å². The van der Waals surface area contributed by atoms with Gasteiger partial charge < -0.3 is 9.80 Å². The molecule has 0 bridgehead atoms. The summed E-state index contributed by atoms with van der Waals surface area (Å²) in [6.07, 6.45) is 22.0. The second-order valence-corrected chi connectivity index (χ2v) is 6.82. The van der Waals surface area contributed by atoms with Gasteiger partial charge in [-0.1, -0.05) is 71.6 Å². The summed E-state index contributed by atoms with van der Waals surface area (Å²) >= 11 is 0. The Balaban J connectivity index is 2.18. The predicted octanol–water partition coefficient (Wildman–Crippen LogP) is 6.14. The van der Waals surface area contributed by atoms with Crippen molar-refractivity contribution in [1.29, 1.82) is 0 Å². The fraction of sp³-hybridized carbons (Fsp3) is 0.900. The van der Waals surface area contributed by atoms with Crippen LogP contribution in [0, 0.1) is 0 Å². The lowest BCUT2D eigenvalue weighted by Gasteiger charge is -2.32. The van der Waals surface area contributed by atoms with Crippen LogP contribution in [0.5, 0.6) is 0 Å². The molecule has 1 unspecified atom stereocenters. The molecule has 0 radical (unpaired) electrons. The monoisotopic (exact) mass is 308 g/mol. The van der Waals surface area contributed by atoms with E-state index in [-0.39, 0.29) is 0 Å². The Morgan fingerprint density at radius 2 is 1.18 bits per heavy atom. The lowest BCUT2D eigenvalue weighted by Crippen LogP contribution is -2.38. The van der Waals surface area contributed by atoms with E-state index in [1.807, 2.05) is 0 Å². The van der Waals surface area contributed by atoms with Gasteiger partial charge in [-0.15, -0.1) is 0 Å². The van der Waals surface area contributed by atoms with E-state index >= 15 is 0 Å². The van der Waals surface area contributed by atoms with Crippen LogP contribution in [0.2, 0.25) is 0 Å². The number of unbranched alkanes of at least 4 members (excludes halogenated alkanes) is 9. The first-order chi connectivity index (χ1) is 10.8. The molecule has 1 atom stereocenters. The summed E-state index contributed by atoms with van der Waals surface area (Å²) in [5.74, 6) is 0. The van der Waals surface area contributed by atoms with Gasteiger partial charge in [-0.2, -0.15) is 0 Å². The minimum atomic E-state index is 0.641. The minimum Gasteiger partial charge on any atom is -0.356 e. The first kappa shape index (κ1) is 19.4. The average Bonchev–Trinajstić information content (AvgIpc) is 2.93. The summed E-state index contributed by atoms with van der Waals surface area (Å²) in [4.78, 5) is 5.12. The molecule has 2 heteroatoms. The molecule has 0 saturated carbocycles. The molecule has 0 amide bonds. The molecule has 0 aromatic rings. The predicted molar refractivity (Wildman–Crippen MR) is 98.8 cm³/mol. The zero-order chi connectivity index (χ0) is 16.0. The number of hydrogen-bond acceptors (Lipinski definition) is 2. The van der Waals surface area contributed by atoms with Crippen molar-refractivity contribution in [1.82, 2.24) is 9.80 Å². The zero-order valence-corrected chi connectivity index (χ0v) is 15.5. The van der Waals surface area contributed by atoms with Gasteiger partial charge in [0.1, 0.15) is 6.17 Å². The van der Waals surface area contributed by atoms with E-state index in [1.54, 1.807) is 0 Å². The lowest BCUT2D eigenvalue weighted by atomic mass is 10.1. The largest absolute Gasteiger partial charge is 0.356 e. The maximum absolute atomic E-state index is 2.59. The van der Waals surface area contributed by atoms with Gasteiger partial charge in [0.2, 0.25) is 0 Å². The molecule has 0 spiro atoms. The molecule has 0 aromatic carbocycles. The normalized spacial score (nSPS) is 17.7. The van der Waals surface area contributed by atoms with Crippen LogP contribution in [-0.2, 0) is 0 Å². The van der Waals surface area contributed by atoms with Crippen LogP contribution in [-0.4, -0.2) is 29.1 Å². The Kier molecular flexibility index (Phi) is 11.3. The van der Waals surface area contributed by atoms with Crippen LogP contribution in [0.15, 0.2) is 12.4 Å². The molecule has 1 rings (SSSR count). The van der Waals surface area contributed by atoms with E-state index in [4.69, 9.17) is 0 Å². The fourth-order valence-electron chi connectivity index (χ4n) is 3.44. The summed E-state index contributed by atoms with van der Waals surface area (Å²) in [6, 6.07) is 0. The zero-order valence-electron chi connectivity index (χ0n) is 15.5. The molecule has 0 aliphatic carbocycles.